The molecule has 0 N–H and O–H groups in total. The van der Waals surface area contributed by atoms with Gasteiger partial charge in [-0.25, -0.2) is 0 Å². The molecule has 20 heavy (non-hydrogen) atoms. The molecule has 0 saturated carbocycles. The first kappa shape index (κ1) is 14.6. The van der Waals surface area contributed by atoms with Crippen LogP contribution in [0.5, 0.6) is 0 Å². The van der Waals surface area contributed by atoms with Crippen LogP contribution in [0.4, 0.5) is 0 Å². The molecule has 106 valence electrons. The van der Waals surface area contributed by atoms with E-state index < -0.39 is 0 Å². The average molecular weight is 291 g/mol. The van der Waals surface area contributed by atoms with E-state index in [1.54, 1.807) is 41.6 Å². The largest absolute Gasteiger partial charge is 0.453 e. The normalized spacial score (nSPS) is 10.4. The summed E-state index contributed by atoms with van der Waals surface area (Å²) in [7, 11) is 1.59. The van der Waals surface area contributed by atoms with E-state index >= 15 is 0 Å². The van der Waals surface area contributed by atoms with Crippen molar-refractivity contribution in [3.05, 3.63) is 58.7 Å². The minimum atomic E-state index is -0.138. The number of carbonyl (C=O) groups excluding carboxylic acids is 1. The highest BCUT2D eigenvalue weighted by molar-refractivity contribution is 7.09. The maximum Gasteiger partial charge on any atom is 0.290 e. The summed E-state index contributed by atoms with van der Waals surface area (Å²) in [4.78, 5) is 15.3. The Balaban J connectivity index is 2.10. The van der Waals surface area contributed by atoms with Crippen LogP contribution in [0.1, 0.15) is 21.2 Å². The van der Waals surface area contributed by atoms with E-state index in [0.717, 1.165) is 4.88 Å². The van der Waals surface area contributed by atoms with Gasteiger partial charge in [-0.2, -0.15) is 0 Å². The Morgan fingerprint density at radius 1 is 1.50 bits per heavy atom. The molecule has 0 bridgehead atoms. The standard InChI is InChI=1S/C15H17NO3S/c1-3-8-16(10-13-5-4-9-20-13)15(17)14-7-6-12(19-14)11-18-2/h3-7,9H,1,8,10-11H2,2H3. The van der Waals surface area contributed by atoms with Crippen LogP contribution in [0, 0.1) is 0 Å². The maximum atomic E-state index is 12.4. The highest BCUT2D eigenvalue weighted by atomic mass is 32.1. The summed E-state index contributed by atoms with van der Waals surface area (Å²) in [6.07, 6.45) is 1.71. The van der Waals surface area contributed by atoms with E-state index in [4.69, 9.17) is 9.15 Å². The van der Waals surface area contributed by atoms with Crippen molar-refractivity contribution in [2.45, 2.75) is 13.2 Å². The SMILES string of the molecule is C=CCN(Cc1cccs1)C(=O)c1ccc(COC)o1. The van der Waals surface area contributed by atoms with Gasteiger partial charge in [-0.1, -0.05) is 12.1 Å². The molecule has 0 atom stereocenters. The number of nitrogens with zero attached hydrogens (tertiary/aromatic N) is 1. The second kappa shape index (κ2) is 7.07. The number of ether oxygens (including phenoxy) is 1. The Bertz CT molecular complexity index is 559. The van der Waals surface area contributed by atoms with E-state index in [0.29, 0.717) is 31.2 Å². The summed E-state index contributed by atoms with van der Waals surface area (Å²) in [6.45, 7) is 5.10. The van der Waals surface area contributed by atoms with E-state index in [2.05, 4.69) is 6.58 Å². The fraction of sp³-hybridized carbons (Fsp3) is 0.267. The Hall–Kier alpha value is -1.85. The maximum absolute atomic E-state index is 12.4. The zero-order chi connectivity index (χ0) is 14.4. The monoisotopic (exact) mass is 291 g/mol. The predicted molar refractivity (Wildman–Crippen MR) is 78.7 cm³/mol. The number of methoxy groups -OCH3 is 1. The van der Waals surface area contributed by atoms with Gasteiger partial charge in [0.2, 0.25) is 0 Å². The lowest BCUT2D eigenvalue weighted by Gasteiger charge is -2.19. The van der Waals surface area contributed by atoms with Gasteiger partial charge < -0.3 is 14.1 Å². The molecule has 0 fully saturated rings. The zero-order valence-electron chi connectivity index (χ0n) is 11.4. The summed E-state index contributed by atoms with van der Waals surface area (Å²) < 4.78 is 10.5. The fourth-order valence-electron chi connectivity index (χ4n) is 1.83. The molecule has 0 aliphatic heterocycles. The van der Waals surface area contributed by atoms with Crippen LogP contribution < -0.4 is 0 Å². The molecule has 4 nitrogen and oxygen atoms in total. The molecule has 2 aromatic rings. The van der Waals surface area contributed by atoms with Crippen molar-refractivity contribution in [2.24, 2.45) is 0 Å². The fourth-order valence-corrected chi connectivity index (χ4v) is 2.55. The second-order valence-electron chi connectivity index (χ2n) is 4.25. The highest BCUT2D eigenvalue weighted by Gasteiger charge is 2.19. The van der Waals surface area contributed by atoms with Crippen LogP contribution in [0.15, 0.2) is 46.7 Å². The average Bonchev–Trinajstić information content (AvgIpc) is 3.09. The Morgan fingerprint density at radius 2 is 2.35 bits per heavy atom. The van der Waals surface area contributed by atoms with Crippen LogP contribution in [0.2, 0.25) is 0 Å². The van der Waals surface area contributed by atoms with Crippen molar-refractivity contribution in [3.8, 4) is 0 Å². The highest BCUT2D eigenvalue weighted by Crippen LogP contribution is 2.16. The summed E-state index contributed by atoms with van der Waals surface area (Å²) >= 11 is 1.62. The lowest BCUT2D eigenvalue weighted by molar-refractivity contribution is 0.0724. The third kappa shape index (κ3) is 3.59. The molecule has 2 rings (SSSR count). The summed E-state index contributed by atoms with van der Waals surface area (Å²) in [5, 5.41) is 2.00. The molecule has 5 heteroatoms. The first-order chi connectivity index (χ1) is 9.74. The van der Waals surface area contributed by atoms with Gasteiger partial charge in [0, 0.05) is 18.5 Å². The van der Waals surface area contributed by atoms with E-state index in [1.165, 1.54) is 0 Å². The van der Waals surface area contributed by atoms with E-state index in [1.807, 2.05) is 17.5 Å². The predicted octanol–water partition coefficient (Wildman–Crippen LogP) is 3.32. The third-order valence-electron chi connectivity index (χ3n) is 2.72. The Labute approximate surface area is 122 Å². The number of rotatable bonds is 7. The first-order valence-electron chi connectivity index (χ1n) is 6.24. The third-order valence-corrected chi connectivity index (χ3v) is 3.58. The minimum Gasteiger partial charge on any atom is -0.453 e. The van der Waals surface area contributed by atoms with Gasteiger partial charge in [0.1, 0.15) is 12.4 Å². The van der Waals surface area contributed by atoms with E-state index in [9.17, 15) is 4.79 Å². The molecule has 0 aromatic carbocycles. The first-order valence-corrected chi connectivity index (χ1v) is 7.12. The Kier molecular flexibility index (Phi) is 5.15. The smallest absolute Gasteiger partial charge is 0.290 e. The molecule has 0 aliphatic carbocycles. The minimum absolute atomic E-state index is 0.138. The van der Waals surface area contributed by atoms with Crippen molar-refractivity contribution < 1.29 is 13.9 Å². The molecule has 0 spiro atoms. The quantitative estimate of drug-likeness (QED) is 0.735. The topological polar surface area (TPSA) is 42.7 Å². The summed E-state index contributed by atoms with van der Waals surface area (Å²) in [5.41, 5.74) is 0. The Morgan fingerprint density at radius 3 is 3.00 bits per heavy atom. The van der Waals surface area contributed by atoms with Gasteiger partial charge in [-0.3, -0.25) is 4.79 Å². The molecule has 0 saturated heterocycles. The number of furan rings is 1. The van der Waals surface area contributed by atoms with Gasteiger partial charge in [-0.15, -0.1) is 17.9 Å². The van der Waals surface area contributed by atoms with E-state index in [-0.39, 0.29) is 5.91 Å². The van der Waals surface area contributed by atoms with Crippen LogP contribution in [-0.4, -0.2) is 24.5 Å². The lowest BCUT2D eigenvalue weighted by atomic mass is 10.3. The molecule has 0 radical (unpaired) electrons. The molecule has 2 aromatic heterocycles. The van der Waals surface area contributed by atoms with Gasteiger partial charge in [0.25, 0.3) is 5.91 Å². The molecule has 0 aliphatic rings. The van der Waals surface area contributed by atoms with Crippen molar-refractivity contribution >= 4 is 17.2 Å². The van der Waals surface area contributed by atoms with Gasteiger partial charge in [0.15, 0.2) is 5.76 Å². The molecule has 2 heterocycles. The second-order valence-corrected chi connectivity index (χ2v) is 5.28. The van der Waals surface area contributed by atoms with Crippen LogP contribution in [-0.2, 0) is 17.9 Å². The van der Waals surface area contributed by atoms with Gasteiger partial charge in [-0.05, 0) is 23.6 Å². The molecular weight excluding hydrogens is 274 g/mol. The van der Waals surface area contributed by atoms with Crippen LogP contribution in [0.25, 0.3) is 0 Å². The van der Waals surface area contributed by atoms with Gasteiger partial charge >= 0.3 is 0 Å². The number of hydrogen-bond acceptors (Lipinski definition) is 4. The number of amides is 1. The van der Waals surface area contributed by atoms with Crippen LogP contribution in [0.3, 0.4) is 0 Å². The van der Waals surface area contributed by atoms with Crippen molar-refractivity contribution in [1.82, 2.24) is 4.90 Å². The molecule has 0 unspecified atom stereocenters. The van der Waals surface area contributed by atoms with Gasteiger partial charge in [0.05, 0.1) is 6.54 Å². The number of hydrogen-bond donors (Lipinski definition) is 0. The number of carbonyl (C=O) groups is 1. The van der Waals surface area contributed by atoms with Crippen LogP contribution >= 0.6 is 11.3 Å². The summed E-state index contributed by atoms with van der Waals surface area (Å²) in [5.74, 6) is 0.835. The van der Waals surface area contributed by atoms with Crippen molar-refractivity contribution in [1.29, 1.82) is 0 Å². The lowest BCUT2D eigenvalue weighted by Crippen LogP contribution is -2.30. The molecular formula is C15H17NO3S. The molecule has 1 amide bonds. The zero-order valence-corrected chi connectivity index (χ0v) is 12.2. The van der Waals surface area contributed by atoms with Crippen molar-refractivity contribution in [3.63, 3.8) is 0 Å². The summed E-state index contributed by atoms with van der Waals surface area (Å²) in [6, 6.07) is 7.42. The van der Waals surface area contributed by atoms with Crippen molar-refractivity contribution in [2.75, 3.05) is 13.7 Å². The number of thiophene rings is 1.